The summed E-state index contributed by atoms with van der Waals surface area (Å²) in [5.41, 5.74) is 6.58. The Labute approximate surface area is 180 Å². The Bertz CT molecular complexity index is 1190. The maximum absolute atomic E-state index is 12.9. The highest BCUT2D eigenvalue weighted by atomic mass is 16.5. The van der Waals surface area contributed by atoms with Crippen LogP contribution in [0.15, 0.2) is 84.0 Å². The standard InChI is InChI=1S/C25H23N3O3/c1-28-22-7-5-4-6-19(22)16-23(28)25(29)27-26-24(17-8-12-20(30-2)13-9-17)18-10-14-21(31-3)15-11-18/h4-16H,1-3H3,(H,27,29). The predicted octanol–water partition coefficient (Wildman–Crippen LogP) is 4.38. The van der Waals surface area contributed by atoms with E-state index in [9.17, 15) is 4.79 Å². The number of fused-ring (bicyclic) bond motifs is 1. The fourth-order valence-electron chi connectivity index (χ4n) is 3.46. The third kappa shape index (κ3) is 4.14. The van der Waals surface area contributed by atoms with E-state index in [4.69, 9.17) is 9.47 Å². The van der Waals surface area contributed by atoms with Crippen molar-refractivity contribution in [2.45, 2.75) is 0 Å². The van der Waals surface area contributed by atoms with Crippen LogP contribution in [0, 0.1) is 0 Å². The first-order valence-electron chi connectivity index (χ1n) is 9.82. The summed E-state index contributed by atoms with van der Waals surface area (Å²) in [4.78, 5) is 12.9. The molecule has 0 radical (unpaired) electrons. The number of nitrogens with zero attached hydrogens (tertiary/aromatic N) is 2. The molecular weight excluding hydrogens is 390 g/mol. The van der Waals surface area contributed by atoms with Crippen molar-refractivity contribution in [2.75, 3.05) is 14.2 Å². The van der Waals surface area contributed by atoms with Gasteiger partial charge in [-0.05, 0) is 60.7 Å². The Morgan fingerprint density at radius 2 is 1.39 bits per heavy atom. The molecule has 4 aromatic rings. The van der Waals surface area contributed by atoms with Gasteiger partial charge in [0.15, 0.2) is 0 Å². The summed E-state index contributed by atoms with van der Waals surface area (Å²) in [5, 5.41) is 5.49. The summed E-state index contributed by atoms with van der Waals surface area (Å²) in [6, 6.07) is 24.8. The molecule has 6 nitrogen and oxygen atoms in total. The Morgan fingerprint density at radius 1 is 0.839 bits per heavy atom. The molecule has 0 fully saturated rings. The van der Waals surface area contributed by atoms with E-state index in [1.165, 1.54) is 0 Å². The molecule has 1 N–H and O–H groups in total. The predicted molar refractivity (Wildman–Crippen MR) is 122 cm³/mol. The van der Waals surface area contributed by atoms with Gasteiger partial charge in [0.25, 0.3) is 5.91 Å². The number of aromatic nitrogens is 1. The molecule has 31 heavy (non-hydrogen) atoms. The number of hydrogen-bond donors (Lipinski definition) is 1. The second-order valence-corrected chi connectivity index (χ2v) is 7.01. The number of aryl methyl sites for hydroxylation is 1. The van der Waals surface area contributed by atoms with Crippen molar-refractivity contribution in [3.63, 3.8) is 0 Å². The molecule has 0 atom stereocenters. The monoisotopic (exact) mass is 413 g/mol. The van der Waals surface area contributed by atoms with Crippen LogP contribution < -0.4 is 14.9 Å². The highest BCUT2D eigenvalue weighted by molar-refractivity contribution is 6.13. The Hall–Kier alpha value is -4.06. The molecule has 0 aliphatic rings. The number of amides is 1. The highest BCUT2D eigenvalue weighted by Gasteiger charge is 2.14. The molecule has 1 heterocycles. The van der Waals surface area contributed by atoms with E-state index in [-0.39, 0.29) is 5.91 Å². The zero-order chi connectivity index (χ0) is 21.8. The lowest BCUT2D eigenvalue weighted by molar-refractivity contribution is 0.0947. The molecule has 0 aliphatic carbocycles. The van der Waals surface area contributed by atoms with Gasteiger partial charge in [0.2, 0.25) is 0 Å². The van der Waals surface area contributed by atoms with E-state index < -0.39 is 0 Å². The lowest BCUT2D eigenvalue weighted by Crippen LogP contribution is -2.22. The number of nitrogens with one attached hydrogen (secondary N) is 1. The number of ether oxygens (including phenoxy) is 2. The fraction of sp³-hybridized carbons (Fsp3) is 0.120. The number of para-hydroxylation sites is 1. The number of rotatable bonds is 6. The first kappa shape index (κ1) is 20.2. The molecule has 3 aromatic carbocycles. The van der Waals surface area contributed by atoms with Crippen molar-refractivity contribution < 1.29 is 14.3 Å². The SMILES string of the molecule is COc1ccc(C(=NNC(=O)c2cc3ccccc3n2C)c2ccc(OC)cc2)cc1. The van der Waals surface area contributed by atoms with Gasteiger partial charge in [-0.2, -0.15) is 5.10 Å². The largest absolute Gasteiger partial charge is 0.497 e. The van der Waals surface area contributed by atoms with E-state index in [0.717, 1.165) is 33.5 Å². The maximum atomic E-state index is 12.9. The molecule has 0 spiro atoms. The third-order valence-electron chi connectivity index (χ3n) is 5.18. The summed E-state index contributed by atoms with van der Waals surface area (Å²) in [7, 11) is 5.11. The number of carbonyl (C=O) groups is 1. The number of hydrogen-bond acceptors (Lipinski definition) is 4. The van der Waals surface area contributed by atoms with Gasteiger partial charge in [-0.3, -0.25) is 4.79 Å². The normalized spacial score (nSPS) is 10.5. The van der Waals surface area contributed by atoms with Crippen molar-refractivity contribution >= 4 is 22.5 Å². The van der Waals surface area contributed by atoms with Crippen LogP contribution in [0.5, 0.6) is 11.5 Å². The number of methoxy groups -OCH3 is 2. The van der Waals surface area contributed by atoms with E-state index in [0.29, 0.717) is 11.4 Å². The van der Waals surface area contributed by atoms with Crippen molar-refractivity contribution in [1.82, 2.24) is 9.99 Å². The van der Waals surface area contributed by atoms with Crippen LogP contribution in [-0.4, -0.2) is 30.4 Å². The molecule has 6 heteroatoms. The van der Waals surface area contributed by atoms with Crippen molar-refractivity contribution in [1.29, 1.82) is 0 Å². The molecular formula is C25H23N3O3. The van der Waals surface area contributed by atoms with Crippen LogP contribution >= 0.6 is 0 Å². The molecule has 4 rings (SSSR count). The highest BCUT2D eigenvalue weighted by Crippen LogP contribution is 2.20. The second kappa shape index (κ2) is 8.75. The van der Waals surface area contributed by atoms with Crippen LogP contribution in [0.2, 0.25) is 0 Å². The van der Waals surface area contributed by atoms with E-state index in [1.54, 1.807) is 14.2 Å². The van der Waals surface area contributed by atoms with Gasteiger partial charge in [0.05, 0.1) is 19.9 Å². The van der Waals surface area contributed by atoms with Gasteiger partial charge in [-0.1, -0.05) is 18.2 Å². The zero-order valence-corrected chi connectivity index (χ0v) is 17.6. The van der Waals surface area contributed by atoms with Crippen LogP contribution in [0.1, 0.15) is 21.6 Å². The topological polar surface area (TPSA) is 64.8 Å². The summed E-state index contributed by atoms with van der Waals surface area (Å²) in [6.07, 6.45) is 0. The van der Waals surface area contributed by atoms with Crippen LogP contribution in [-0.2, 0) is 7.05 Å². The molecule has 0 saturated heterocycles. The quantitative estimate of drug-likeness (QED) is 0.377. The van der Waals surface area contributed by atoms with Crippen LogP contribution in [0.25, 0.3) is 10.9 Å². The smallest absolute Gasteiger partial charge is 0.288 e. The lowest BCUT2D eigenvalue weighted by atomic mass is 10.0. The molecule has 156 valence electrons. The van der Waals surface area contributed by atoms with Crippen LogP contribution in [0.4, 0.5) is 0 Å². The molecule has 0 unspecified atom stereocenters. The lowest BCUT2D eigenvalue weighted by Gasteiger charge is -2.10. The summed E-state index contributed by atoms with van der Waals surface area (Å²) < 4.78 is 12.4. The molecule has 0 bridgehead atoms. The second-order valence-electron chi connectivity index (χ2n) is 7.01. The van der Waals surface area contributed by atoms with Crippen LogP contribution in [0.3, 0.4) is 0 Å². The third-order valence-corrected chi connectivity index (χ3v) is 5.18. The maximum Gasteiger partial charge on any atom is 0.288 e. The zero-order valence-electron chi connectivity index (χ0n) is 17.6. The minimum Gasteiger partial charge on any atom is -0.497 e. The number of carbonyl (C=O) groups excluding carboxylic acids is 1. The van der Waals surface area contributed by atoms with Crippen molar-refractivity contribution in [3.05, 3.63) is 95.7 Å². The summed E-state index contributed by atoms with van der Waals surface area (Å²) in [6.45, 7) is 0. The Kier molecular flexibility index (Phi) is 5.71. The molecule has 0 saturated carbocycles. The van der Waals surface area contributed by atoms with Gasteiger partial charge in [-0.25, -0.2) is 5.43 Å². The van der Waals surface area contributed by atoms with Gasteiger partial charge < -0.3 is 14.0 Å². The average molecular weight is 413 g/mol. The fourth-order valence-corrected chi connectivity index (χ4v) is 3.46. The minimum atomic E-state index is -0.279. The van der Waals surface area contributed by atoms with E-state index in [1.807, 2.05) is 90.5 Å². The Morgan fingerprint density at radius 3 is 1.90 bits per heavy atom. The van der Waals surface area contributed by atoms with Gasteiger partial charge >= 0.3 is 0 Å². The summed E-state index contributed by atoms with van der Waals surface area (Å²) in [5.74, 6) is 1.22. The van der Waals surface area contributed by atoms with Crippen molar-refractivity contribution in [3.8, 4) is 11.5 Å². The van der Waals surface area contributed by atoms with E-state index >= 15 is 0 Å². The molecule has 1 amide bonds. The van der Waals surface area contributed by atoms with Gasteiger partial charge in [0, 0.05) is 29.1 Å². The van der Waals surface area contributed by atoms with Crippen molar-refractivity contribution in [2.24, 2.45) is 12.1 Å². The first-order valence-corrected chi connectivity index (χ1v) is 9.82. The number of benzene rings is 3. The summed E-state index contributed by atoms with van der Waals surface area (Å²) >= 11 is 0. The molecule has 1 aromatic heterocycles. The first-order chi connectivity index (χ1) is 15.1. The number of hydrazone groups is 1. The Balaban J connectivity index is 1.69. The van der Waals surface area contributed by atoms with Gasteiger partial charge in [-0.15, -0.1) is 0 Å². The van der Waals surface area contributed by atoms with Gasteiger partial charge in [0.1, 0.15) is 17.2 Å². The average Bonchev–Trinajstić information content (AvgIpc) is 3.16. The van der Waals surface area contributed by atoms with E-state index in [2.05, 4.69) is 10.5 Å². The minimum absolute atomic E-state index is 0.279. The molecule has 0 aliphatic heterocycles.